The zero-order valence-corrected chi connectivity index (χ0v) is 18.8. The third-order valence-electron chi connectivity index (χ3n) is 4.92. The normalized spacial score (nSPS) is 13.0. The van der Waals surface area contributed by atoms with Crippen LogP contribution in [0.1, 0.15) is 20.8 Å². The smallest absolute Gasteiger partial charge is 0.262 e. The van der Waals surface area contributed by atoms with Crippen LogP contribution in [-0.2, 0) is 16.6 Å². The number of carbonyl (C=O) groups excluding carboxylic acids is 1. The Morgan fingerprint density at radius 3 is 2.58 bits per heavy atom. The van der Waals surface area contributed by atoms with E-state index in [1.165, 1.54) is 12.1 Å². The van der Waals surface area contributed by atoms with E-state index < -0.39 is 10.0 Å². The number of rotatable bonds is 6. The lowest BCUT2D eigenvalue weighted by molar-refractivity contribution is 0.0787. The van der Waals surface area contributed by atoms with Gasteiger partial charge < -0.3 is 14.4 Å². The molecule has 1 amide bonds. The minimum atomic E-state index is -3.94. The molecule has 0 radical (unpaired) electrons. The lowest BCUT2D eigenvalue weighted by Gasteiger charge is -2.20. The first-order valence-electron chi connectivity index (χ1n) is 9.65. The molecular weight excluding hydrogens is 436 g/mol. The molecular formula is C22H22N2O5S2. The Labute approximate surface area is 185 Å². The van der Waals surface area contributed by atoms with E-state index in [9.17, 15) is 13.2 Å². The Hall–Kier alpha value is -3.04. The van der Waals surface area contributed by atoms with Gasteiger partial charge in [0, 0.05) is 18.0 Å². The highest BCUT2D eigenvalue weighted by atomic mass is 32.2. The molecule has 0 bridgehead atoms. The first-order chi connectivity index (χ1) is 14.8. The Kier molecular flexibility index (Phi) is 5.88. The molecule has 0 fully saturated rings. The predicted molar refractivity (Wildman–Crippen MR) is 120 cm³/mol. The Morgan fingerprint density at radius 1 is 1.10 bits per heavy atom. The van der Waals surface area contributed by atoms with Crippen LogP contribution in [0.5, 0.6) is 11.5 Å². The van der Waals surface area contributed by atoms with E-state index in [0.29, 0.717) is 31.3 Å². The van der Waals surface area contributed by atoms with Crippen molar-refractivity contribution in [2.45, 2.75) is 18.4 Å². The third-order valence-corrected chi connectivity index (χ3v) is 7.29. The minimum Gasteiger partial charge on any atom is -0.486 e. The molecule has 2 heterocycles. The van der Waals surface area contributed by atoms with Gasteiger partial charge in [-0.2, -0.15) is 0 Å². The largest absolute Gasteiger partial charge is 0.486 e. The second-order valence-electron chi connectivity index (χ2n) is 7.14. The number of thiophene rings is 1. The summed E-state index contributed by atoms with van der Waals surface area (Å²) in [7, 11) is -2.24. The maximum Gasteiger partial charge on any atom is 0.262 e. The van der Waals surface area contributed by atoms with E-state index in [-0.39, 0.29) is 22.1 Å². The molecule has 0 spiro atoms. The maximum atomic E-state index is 13.1. The van der Waals surface area contributed by atoms with Crippen molar-refractivity contribution in [3.8, 4) is 11.5 Å². The number of para-hydroxylation sites is 1. The molecule has 0 saturated heterocycles. The van der Waals surface area contributed by atoms with E-state index in [0.717, 1.165) is 10.4 Å². The lowest BCUT2D eigenvalue weighted by Crippen LogP contribution is -2.27. The topological polar surface area (TPSA) is 84.9 Å². The number of benzene rings is 2. The summed E-state index contributed by atoms with van der Waals surface area (Å²) in [4.78, 5) is 15.8. The summed E-state index contributed by atoms with van der Waals surface area (Å²) in [6.45, 7) is 3.23. The van der Waals surface area contributed by atoms with Crippen LogP contribution < -0.4 is 14.2 Å². The molecule has 1 aliphatic rings. The number of nitrogens with zero attached hydrogens (tertiary/aromatic N) is 1. The number of sulfonamides is 1. The summed E-state index contributed by atoms with van der Waals surface area (Å²) in [5, 5.41) is 1.98. The molecule has 3 aromatic rings. The van der Waals surface area contributed by atoms with Crippen LogP contribution in [0.2, 0.25) is 0 Å². The lowest BCUT2D eigenvalue weighted by atomic mass is 10.1. The molecule has 0 saturated carbocycles. The number of ether oxygens (including phenoxy) is 2. The highest BCUT2D eigenvalue weighted by Crippen LogP contribution is 2.33. The second-order valence-corrected chi connectivity index (χ2v) is 9.83. The van der Waals surface area contributed by atoms with Gasteiger partial charge in [0.05, 0.1) is 22.7 Å². The molecule has 31 heavy (non-hydrogen) atoms. The molecule has 1 aliphatic heterocycles. The van der Waals surface area contributed by atoms with E-state index in [1.807, 2.05) is 18.4 Å². The molecule has 0 unspecified atom stereocenters. The molecule has 0 atom stereocenters. The summed E-state index contributed by atoms with van der Waals surface area (Å²) < 4.78 is 39.5. The van der Waals surface area contributed by atoms with Crippen molar-refractivity contribution in [3.05, 3.63) is 69.9 Å². The average molecular weight is 459 g/mol. The average Bonchev–Trinajstić information content (AvgIpc) is 3.17. The highest BCUT2D eigenvalue weighted by molar-refractivity contribution is 7.92. The van der Waals surface area contributed by atoms with Gasteiger partial charge >= 0.3 is 0 Å². The summed E-state index contributed by atoms with van der Waals surface area (Å²) in [5.41, 5.74) is 1.62. The number of fused-ring (bicyclic) bond motifs is 1. The summed E-state index contributed by atoms with van der Waals surface area (Å²) >= 11 is 1.59. The third kappa shape index (κ3) is 4.52. The molecule has 7 nitrogen and oxygen atoms in total. The van der Waals surface area contributed by atoms with E-state index in [2.05, 4.69) is 4.72 Å². The number of aryl methyl sites for hydroxylation is 1. The second kappa shape index (κ2) is 8.60. The van der Waals surface area contributed by atoms with Gasteiger partial charge in [0.15, 0.2) is 11.5 Å². The standard InChI is InChI=1S/C22H22N2O5S2/c1-15-9-12-30-21(15)14-24(2)22(25)17-5-3-4-6-18(17)23-31(26,27)16-7-8-19-20(13-16)29-11-10-28-19/h3-9,12-13,23H,10-11,14H2,1-2H3. The summed E-state index contributed by atoms with van der Waals surface area (Å²) in [6, 6.07) is 13.0. The van der Waals surface area contributed by atoms with Crippen LogP contribution in [-0.4, -0.2) is 39.5 Å². The van der Waals surface area contributed by atoms with Crippen LogP contribution in [0.3, 0.4) is 0 Å². The molecule has 1 aromatic heterocycles. The minimum absolute atomic E-state index is 0.0292. The van der Waals surface area contributed by atoms with E-state index >= 15 is 0 Å². The van der Waals surface area contributed by atoms with Crippen molar-refractivity contribution < 1.29 is 22.7 Å². The quantitative estimate of drug-likeness (QED) is 0.606. The Bertz CT molecular complexity index is 1220. The number of anilines is 1. The molecule has 0 aliphatic carbocycles. The van der Waals surface area contributed by atoms with Crippen molar-refractivity contribution in [3.63, 3.8) is 0 Å². The van der Waals surface area contributed by atoms with Gasteiger partial charge in [0.1, 0.15) is 13.2 Å². The monoisotopic (exact) mass is 458 g/mol. The molecule has 2 aromatic carbocycles. The number of amides is 1. The SMILES string of the molecule is Cc1ccsc1CN(C)C(=O)c1ccccc1NS(=O)(=O)c1ccc2c(c1)OCCO2. The van der Waals surface area contributed by atoms with Crippen LogP contribution >= 0.6 is 11.3 Å². The van der Waals surface area contributed by atoms with E-state index in [4.69, 9.17) is 9.47 Å². The van der Waals surface area contributed by atoms with Gasteiger partial charge in [0.2, 0.25) is 0 Å². The van der Waals surface area contributed by atoms with Gasteiger partial charge in [-0.15, -0.1) is 11.3 Å². The summed E-state index contributed by atoms with van der Waals surface area (Å²) in [5.74, 6) is 0.615. The first kappa shape index (κ1) is 21.2. The Morgan fingerprint density at radius 2 is 1.84 bits per heavy atom. The van der Waals surface area contributed by atoms with Crippen molar-refractivity contribution in [1.82, 2.24) is 4.90 Å². The molecule has 4 rings (SSSR count). The van der Waals surface area contributed by atoms with Gasteiger partial charge in [0.25, 0.3) is 15.9 Å². The van der Waals surface area contributed by atoms with Crippen molar-refractivity contribution in [1.29, 1.82) is 0 Å². The summed E-state index contributed by atoms with van der Waals surface area (Å²) in [6.07, 6.45) is 0. The van der Waals surface area contributed by atoms with Crippen molar-refractivity contribution in [2.24, 2.45) is 0 Å². The maximum absolute atomic E-state index is 13.1. The zero-order chi connectivity index (χ0) is 22.0. The molecule has 162 valence electrons. The van der Waals surface area contributed by atoms with Crippen LogP contribution in [0, 0.1) is 6.92 Å². The Balaban J connectivity index is 1.58. The molecule has 1 N–H and O–H groups in total. The van der Waals surface area contributed by atoms with Crippen molar-refractivity contribution in [2.75, 3.05) is 25.0 Å². The zero-order valence-electron chi connectivity index (χ0n) is 17.1. The van der Waals surface area contributed by atoms with Crippen molar-refractivity contribution >= 4 is 33.0 Å². The number of carbonyl (C=O) groups is 1. The van der Waals surface area contributed by atoms with Gasteiger partial charge in [-0.25, -0.2) is 8.42 Å². The predicted octanol–water partition coefficient (Wildman–Crippen LogP) is 3.90. The number of hydrogen-bond acceptors (Lipinski definition) is 6. The fraction of sp³-hybridized carbons (Fsp3) is 0.227. The van der Waals surface area contributed by atoms with E-state index in [1.54, 1.807) is 53.6 Å². The molecule has 9 heteroatoms. The fourth-order valence-electron chi connectivity index (χ4n) is 3.21. The first-order valence-corrected chi connectivity index (χ1v) is 12.0. The number of nitrogens with one attached hydrogen (secondary N) is 1. The van der Waals surface area contributed by atoms with Crippen LogP contribution in [0.15, 0.2) is 58.8 Å². The van der Waals surface area contributed by atoms with Crippen LogP contribution in [0.4, 0.5) is 5.69 Å². The van der Waals surface area contributed by atoms with Gasteiger partial charge in [-0.05, 0) is 48.2 Å². The number of hydrogen-bond donors (Lipinski definition) is 1. The van der Waals surface area contributed by atoms with Gasteiger partial charge in [-0.3, -0.25) is 9.52 Å². The van der Waals surface area contributed by atoms with Gasteiger partial charge in [-0.1, -0.05) is 12.1 Å². The fourth-order valence-corrected chi connectivity index (χ4v) is 5.27. The highest BCUT2D eigenvalue weighted by Gasteiger charge is 2.23. The van der Waals surface area contributed by atoms with Crippen LogP contribution in [0.25, 0.3) is 0 Å².